The van der Waals surface area contributed by atoms with Crippen LogP contribution in [0.25, 0.3) is 0 Å². The maximum Gasteiger partial charge on any atom is 0.231 e. The molecule has 0 aliphatic heterocycles. The molecule has 3 aromatic carbocycles. The van der Waals surface area contributed by atoms with Gasteiger partial charge in [0.2, 0.25) is 18.2 Å². The molecule has 0 bridgehead atoms. The molecular weight excluding hydrogens is 497 g/mol. The maximum absolute atomic E-state index is 14.3. The van der Waals surface area contributed by atoms with Crippen LogP contribution in [-0.2, 0) is 4.57 Å². The van der Waals surface area contributed by atoms with Gasteiger partial charge in [-0.2, -0.15) is 0 Å². The Morgan fingerprint density at radius 1 is 0.710 bits per heavy atom. The fraction of sp³-hybridized carbons (Fsp3) is 0.130. The molecule has 0 radical (unpaired) electrons. The predicted octanol–water partition coefficient (Wildman–Crippen LogP) is 8.45. The van der Waals surface area contributed by atoms with Crippen molar-refractivity contribution in [3.8, 4) is 0 Å². The van der Waals surface area contributed by atoms with Gasteiger partial charge in [-0.25, -0.2) is 0 Å². The minimum absolute atomic E-state index is 0.0168. The highest BCUT2D eigenvalue weighted by atomic mass is 35.5. The third kappa shape index (κ3) is 4.92. The molecule has 0 aromatic heterocycles. The summed E-state index contributed by atoms with van der Waals surface area (Å²) in [6.45, 7) is 1.80. The Morgan fingerprint density at radius 3 is 1.48 bits per heavy atom. The standard InChI is InChI=1S/C23H17Cl4O3P/c1-14(15-7-3-2-4-8-15)13-31(30,22(28)20-16(24)9-5-10-17(20)25)23(29)21-18(26)11-6-12-19(21)27/h2-12,14H,13H2,1H3. The summed E-state index contributed by atoms with van der Waals surface area (Å²) in [7, 11) is -4.29. The molecule has 0 N–H and O–H groups in total. The van der Waals surface area contributed by atoms with Crippen LogP contribution in [-0.4, -0.2) is 17.2 Å². The number of hydrogen-bond acceptors (Lipinski definition) is 3. The molecule has 160 valence electrons. The first-order valence-electron chi connectivity index (χ1n) is 9.28. The summed E-state index contributed by atoms with van der Waals surface area (Å²) in [6.07, 6.45) is -0.224. The van der Waals surface area contributed by atoms with E-state index in [9.17, 15) is 14.2 Å². The van der Waals surface area contributed by atoms with Crippen LogP contribution in [0.2, 0.25) is 20.1 Å². The van der Waals surface area contributed by atoms with Gasteiger partial charge in [0, 0.05) is 6.16 Å². The lowest BCUT2D eigenvalue weighted by Gasteiger charge is -2.22. The molecule has 0 fully saturated rings. The van der Waals surface area contributed by atoms with E-state index in [0.29, 0.717) is 0 Å². The second-order valence-electron chi connectivity index (χ2n) is 7.04. The molecule has 31 heavy (non-hydrogen) atoms. The summed E-state index contributed by atoms with van der Waals surface area (Å²) < 4.78 is 14.3. The first-order chi connectivity index (χ1) is 14.7. The van der Waals surface area contributed by atoms with E-state index in [2.05, 4.69) is 0 Å². The second-order valence-corrected chi connectivity index (χ2v) is 11.3. The van der Waals surface area contributed by atoms with Crippen LogP contribution in [0.4, 0.5) is 0 Å². The van der Waals surface area contributed by atoms with Gasteiger partial charge >= 0.3 is 0 Å². The molecule has 0 amide bonds. The van der Waals surface area contributed by atoms with Crippen LogP contribution in [0, 0.1) is 0 Å². The van der Waals surface area contributed by atoms with Gasteiger partial charge in [0.05, 0.1) is 31.2 Å². The van der Waals surface area contributed by atoms with E-state index in [1.54, 1.807) is 19.1 Å². The molecular formula is C23H17Cl4O3P. The van der Waals surface area contributed by atoms with Crippen molar-refractivity contribution in [3.05, 3.63) is 104 Å². The zero-order valence-corrected chi connectivity index (χ0v) is 20.2. The van der Waals surface area contributed by atoms with Gasteiger partial charge in [0.1, 0.15) is 0 Å². The van der Waals surface area contributed by atoms with Gasteiger partial charge in [0.25, 0.3) is 0 Å². The average Bonchev–Trinajstić information content (AvgIpc) is 2.73. The molecule has 3 rings (SSSR count). The van der Waals surface area contributed by atoms with Gasteiger partial charge in [0.15, 0.2) is 0 Å². The normalized spacial score (nSPS) is 12.4. The fourth-order valence-electron chi connectivity index (χ4n) is 3.30. The van der Waals surface area contributed by atoms with Crippen LogP contribution in [0.5, 0.6) is 0 Å². The summed E-state index contributed by atoms with van der Waals surface area (Å²) in [4.78, 5) is 27.1. The molecule has 0 aliphatic carbocycles. The SMILES string of the molecule is CC(CP(=O)(C(=O)c1c(Cl)cccc1Cl)C(=O)c1c(Cl)cccc1Cl)c1ccccc1. The van der Waals surface area contributed by atoms with Gasteiger partial charge in [-0.3, -0.25) is 9.59 Å². The van der Waals surface area contributed by atoms with E-state index in [0.717, 1.165) is 5.56 Å². The number of carbonyl (C=O) groups is 2. The van der Waals surface area contributed by atoms with Crippen LogP contribution in [0.3, 0.4) is 0 Å². The summed E-state index contributed by atoms with van der Waals surface area (Å²) in [5, 5.41) is 0.0672. The van der Waals surface area contributed by atoms with Crippen molar-refractivity contribution in [3.63, 3.8) is 0 Å². The Hall–Kier alpha value is -1.61. The molecule has 8 heteroatoms. The Kier molecular flexibility index (Phi) is 7.68. The molecule has 0 aliphatic rings. The Morgan fingerprint density at radius 2 is 1.10 bits per heavy atom. The highest BCUT2D eigenvalue weighted by Gasteiger charge is 2.45. The van der Waals surface area contributed by atoms with Gasteiger partial charge < -0.3 is 4.57 Å². The smallest absolute Gasteiger partial charge is 0.231 e. The summed E-state index contributed by atoms with van der Waals surface area (Å²) in [5.41, 5.74) is -1.28. The zero-order valence-electron chi connectivity index (χ0n) is 16.3. The number of halogens is 4. The molecule has 0 heterocycles. The number of carbonyl (C=O) groups excluding carboxylic acids is 2. The van der Waals surface area contributed by atoms with Gasteiger partial charge in [-0.05, 0) is 35.7 Å². The van der Waals surface area contributed by atoms with Crippen molar-refractivity contribution < 1.29 is 14.2 Å². The van der Waals surface area contributed by atoms with Crippen molar-refractivity contribution in [1.82, 2.24) is 0 Å². The molecule has 0 saturated heterocycles. The molecule has 3 aromatic rings. The minimum Gasteiger partial charge on any atom is -0.307 e. The van der Waals surface area contributed by atoms with Gasteiger partial charge in [-0.15, -0.1) is 0 Å². The summed E-state index contributed by atoms with van der Waals surface area (Å²) in [5.74, 6) is -0.373. The average molecular weight is 514 g/mol. The summed E-state index contributed by atoms with van der Waals surface area (Å²) in [6, 6.07) is 18.1. The monoisotopic (exact) mass is 512 g/mol. The van der Waals surface area contributed by atoms with Crippen molar-refractivity contribution in [2.75, 3.05) is 6.16 Å². The van der Waals surface area contributed by atoms with E-state index in [-0.39, 0.29) is 43.3 Å². The quantitative estimate of drug-likeness (QED) is 0.298. The van der Waals surface area contributed by atoms with Crippen molar-refractivity contribution in [2.45, 2.75) is 12.8 Å². The van der Waals surface area contributed by atoms with Crippen molar-refractivity contribution in [2.24, 2.45) is 0 Å². The first-order valence-corrected chi connectivity index (χ1v) is 12.7. The highest BCUT2D eigenvalue weighted by Crippen LogP contribution is 2.57. The van der Waals surface area contributed by atoms with Gasteiger partial charge in [-0.1, -0.05) is 95.8 Å². The molecule has 0 spiro atoms. The second kappa shape index (κ2) is 9.90. The van der Waals surface area contributed by atoms with E-state index in [1.807, 2.05) is 30.3 Å². The lowest BCUT2D eigenvalue weighted by molar-refractivity contribution is 0.103. The lowest BCUT2D eigenvalue weighted by Crippen LogP contribution is -2.18. The topological polar surface area (TPSA) is 51.2 Å². The number of rotatable bonds is 7. The third-order valence-corrected chi connectivity index (χ3v) is 8.99. The van der Waals surface area contributed by atoms with E-state index in [4.69, 9.17) is 46.4 Å². The summed E-state index contributed by atoms with van der Waals surface area (Å²) >= 11 is 24.8. The fourth-order valence-corrected chi connectivity index (χ4v) is 7.40. The molecule has 1 unspecified atom stereocenters. The molecule has 0 saturated carbocycles. The number of hydrogen-bond donors (Lipinski definition) is 0. The minimum atomic E-state index is -4.29. The number of benzene rings is 3. The first kappa shape index (κ1) is 24.0. The lowest BCUT2D eigenvalue weighted by atomic mass is 10.0. The Labute approximate surface area is 200 Å². The largest absolute Gasteiger partial charge is 0.307 e. The van der Waals surface area contributed by atoms with Crippen LogP contribution < -0.4 is 0 Å². The van der Waals surface area contributed by atoms with Crippen LogP contribution in [0.1, 0.15) is 39.1 Å². The maximum atomic E-state index is 14.3. The van der Waals surface area contributed by atoms with E-state index < -0.39 is 18.2 Å². The van der Waals surface area contributed by atoms with E-state index in [1.165, 1.54) is 24.3 Å². The highest BCUT2D eigenvalue weighted by molar-refractivity contribution is 7.95. The third-order valence-electron chi connectivity index (χ3n) is 4.91. The molecule has 1 atom stereocenters. The van der Waals surface area contributed by atoms with Crippen molar-refractivity contribution in [1.29, 1.82) is 0 Å². The van der Waals surface area contributed by atoms with Crippen LogP contribution >= 0.6 is 53.5 Å². The predicted molar refractivity (Wildman–Crippen MR) is 129 cm³/mol. The molecule has 3 nitrogen and oxygen atoms in total. The van der Waals surface area contributed by atoms with Crippen LogP contribution in [0.15, 0.2) is 66.7 Å². The Balaban J connectivity index is 2.17. The van der Waals surface area contributed by atoms with E-state index >= 15 is 0 Å². The zero-order chi connectivity index (χ0) is 22.8. The Bertz CT molecular complexity index is 1090. The van der Waals surface area contributed by atoms with Crippen molar-refractivity contribution >= 4 is 64.6 Å².